The Morgan fingerprint density at radius 3 is 2.38 bits per heavy atom. The molecule has 0 amide bonds. The normalized spacial score (nSPS) is 58.1. The molecule has 0 radical (unpaired) electrons. The lowest BCUT2D eigenvalue weighted by Crippen LogP contribution is -2.58. The summed E-state index contributed by atoms with van der Waals surface area (Å²) in [4.78, 5) is 12.2. The Morgan fingerprint density at radius 1 is 1.19 bits per heavy atom. The number of aliphatic hydroxyl groups is 3. The van der Waals surface area contributed by atoms with Crippen molar-refractivity contribution in [3.8, 4) is 0 Å². The summed E-state index contributed by atoms with van der Waals surface area (Å²) < 4.78 is 4.93. The highest BCUT2D eigenvalue weighted by atomic mass is 16.5. The van der Waals surface area contributed by atoms with Crippen molar-refractivity contribution >= 4 is 5.97 Å². The largest absolute Gasteiger partial charge is 0.469 e. The van der Waals surface area contributed by atoms with Crippen LogP contribution in [0.3, 0.4) is 0 Å². The summed E-state index contributed by atoms with van der Waals surface area (Å²) >= 11 is 0. The van der Waals surface area contributed by atoms with Gasteiger partial charge in [0.25, 0.3) is 0 Å². The third kappa shape index (κ3) is 1.60. The fourth-order valence-electron chi connectivity index (χ4n) is 4.94. The monoisotopic (exact) mass is 296 g/mol. The highest BCUT2D eigenvalue weighted by Crippen LogP contribution is 2.72. The Kier molecular flexibility index (Phi) is 2.78. The van der Waals surface area contributed by atoms with Gasteiger partial charge in [-0.3, -0.25) is 4.79 Å². The third-order valence-electron chi connectivity index (χ3n) is 6.35. The summed E-state index contributed by atoms with van der Waals surface area (Å²) in [5, 5.41) is 32.5. The second kappa shape index (κ2) is 3.89. The van der Waals surface area contributed by atoms with Gasteiger partial charge in [-0.2, -0.15) is 0 Å². The highest BCUT2D eigenvalue weighted by Gasteiger charge is 2.77. The number of fused-ring (bicyclic) bond motifs is 3. The molecule has 0 spiro atoms. The van der Waals surface area contributed by atoms with Gasteiger partial charge in [0, 0.05) is 5.92 Å². The van der Waals surface area contributed by atoms with Crippen molar-refractivity contribution in [3.63, 3.8) is 0 Å². The molecule has 5 nitrogen and oxygen atoms in total. The van der Waals surface area contributed by atoms with Crippen LogP contribution in [0.5, 0.6) is 0 Å². The molecule has 3 aliphatic carbocycles. The van der Waals surface area contributed by atoms with E-state index in [0.29, 0.717) is 12.8 Å². The molecule has 2 fully saturated rings. The molecular weight excluding hydrogens is 272 g/mol. The van der Waals surface area contributed by atoms with Crippen LogP contribution in [0.4, 0.5) is 0 Å². The van der Waals surface area contributed by atoms with E-state index in [4.69, 9.17) is 4.74 Å². The van der Waals surface area contributed by atoms with Gasteiger partial charge in [0.05, 0.1) is 23.7 Å². The van der Waals surface area contributed by atoms with Crippen LogP contribution in [0.25, 0.3) is 0 Å². The van der Waals surface area contributed by atoms with Crippen molar-refractivity contribution in [2.75, 3.05) is 7.11 Å². The van der Waals surface area contributed by atoms with Crippen LogP contribution in [-0.2, 0) is 9.53 Å². The van der Waals surface area contributed by atoms with Gasteiger partial charge in [-0.15, -0.1) is 0 Å². The molecule has 7 atom stereocenters. The van der Waals surface area contributed by atoms with E-state index in [0.717, 1.165) is 0 Å². The number of esters is 1. The Labute approximate surface area is 124 Å². The van der Waals surface area contributed by atoms with Crippen LogP contribution in [-0.4, -0.2) is 45.2 Å². The fourth-order valence-corrected chi connectivity index (χ4v) is 4.94. The van der Waals surface area contributed by atoms with Crippen LogP contribution in [0.15, 0.2) is 12.2 Å². The predicted molar refractivity (Wildman–Crippen MR) is 75.2 cm³/mol. The SMILES string of the molecule is COC(=O)[C@@]1(C)[C@H]2[C@H]1CC[C@@](C)(O)[C@@]1(O)C=C[C@@](C)(O)[C@H]21. The molecule has 2 saturated carbocycles. The minimum absolute atomic E-state index is 0.0156. The van der Waals surface area contributed by atoms with Crippen LogP contribution < -0.4 is 0 Å². The first-order valence-electron chi connectivity index (χ1n) is 7.48. The maximum Gasteiger partial charge on any atom is 0.312 e. The second-order valence-electron chi connectivity index (χ2n) is 7.58. The first-order chi connectivity index (χ1) is 9.52. The molecule has 0 aliphatic heterocycles. The van der Waals surface area contributed by atoms with Crippen LogP contribution in [0.2, 0.25) is 0 Å². The molecule has 3 N–H and O–H groups in total. The van der Waals surface area contributed by atoms with E-state index < -0.39 is 28.1 Å². The molecule has 0 bridgehead atoms. The molecule has 0 aromatic rings. The van der Waals surface area contributed by atoms with Gasteiger partial charge in [0.2, 0.25) is 0 Å². The quantitative estimate of drug-likeness (QED) is 0.488. The Balaban J connectivity index is 2.08. The van der Waals surface area contributed by atoms with Gasteiger partial charge in [-0.1, -0.05) is 12.2 Å². The first kappa shape index (κ1) is 15.0. The number of methoxy groups -OCH3 is 1. The molecule has 0 heterocycles. The summed E-state index contributed by atoms with van der Waals surface area (Å²) in [7, 11) is 1.36. The first-order valence-corrected chi connectivity index (χ1v) is 7.48. The van der Waals surface area contributed by atoms with Crippen molar-refractivity contribution in [2.45, 2.75) is 50.4 Å². The number of carbonyl (C=O) groups is 1. The summed E-state index contributed by atoms with van der Waals surface area (Å²) in [6, 6.07) is 0. The lowest BCUT2D eigenvalue weighted by molar-refractivity contribution is -0.174. The Morgan fingerprint density at radius 2 is 1.81 bits per heavy atom. The number of hydrogen-bond donors (Lipinski definition) is 3. The van der Waals surface area contributed by atoms with E-state index in [1.54, 1.807) is 19.9 Å². The fraction of sp³-hybridized carbons (Fsp3) is 0.812. The molecule has 21 heavy (non-hydrogen) atoms. The van der Waals surface area contributed by atoms with Gasteiger partial charge in [0.15, 0.2) is 0 Å². The molecule has 0 saturated heterocycles. The van der Waals surface area contributed by atoms with E-state index in [1.807, 2.05) is 6.92 Å². The van der Waals surface area contributed by atoms with Gasteiger partial charge < -0.3 is 20.1 Å². The van der Waals surface area contributed by atoms with Gasteiger partial charge in [-0.05, 0) is 45.4 Å². The zero-order valence-corrected chi connectivity index (χ0v) is 13.0. The second-order valence-corrected chi connectivity index (χ2v) is 7.58. The molecule has 3 aliphatic rings. The predicted octanol–water partition coefficient (Wildman–Crippen LogP) is 0.625. The zero-order valence-electron chi connectivity index (χ0n) is 13.0. The van der Waals surface area contributed by atoms with Crippen molar-refractivity contribution in [2.24, 2.45) is 23.2 Å². The summed E-state index contributed by atoms with van der Waals surface area (Å²) in [6.07, 6.45) is 4.07. The standard InChI is InChI=1S/C16H24O5/c1-13(18)7-8-16(20)11(13)10-9(5-6-14(16,2)19)15(10,3)12(17)21-4/h7-11,18-20H,5-6H2,1-4H3/t9-,10+,11+,13-,14-,15-,16-/m1/s1. The summed E-state index contributed by atoms with van der Waals surface area (Å²) in [5.41, 5.74) is -4.79. The summed E-state index contributed by atoms with van der Waals surface area (Å²) in [5.74, 6) is -1.10. The molecule has 118 valence electrons. The van der Waals surface area contributed by atoms with Crippen molar-refractivity contribution < 1.29 is 24.9 Å². The van der Waals surface area contributed by atoms with Crippen molar-refractivity contribution in [3.05, 3.63) is 12.2 Å². The third-order valence-corrected chi connectivity index (χ3v) is 6.35. The Hall–Kier alpha value is -0.910. The maximum atomic E-state index is 12.2. The molecule has 0 unspecified atom stereocenters. The van der Waals surface area contributed by atoms with Gasteiger partial charge >= 0.3 is 5.97 Å². The molecule has 0 aromatic heterocycles. The van der Waals surface area contributed by atoms with Crippen LogP contribution in [0.1, 0.15) is 33.6 Å². The molecule has 0 aromatic carbocycles. The molecule has 5 heteroatoms. The van der Waals surface area contributed by atoms with E-state index in [1.165, 1.54) is 13.2 Å². The van der Waals surface area contributed by atoms with Crippen LogP contribution in [0, 0.1) is 23.2 Å². The average Bonchev–Trinajstić information content (AvgIpc) is 2.91. The molecular formula is C16H24O5. The molecule has 3 rings (SSSR count). The topological polar surface area (TPSA) is 87.0 Å². The zero-order chi connectivity index (χ0) is 15.8. The summed E-state index contributed by atoms with van der Waals surface area (Å²) in [6.45, 7) is 5.07. The van der Waals surface area contributed by atoms with Crippen LogP contribution >= 0.6 is 0 Å². The average molecular weight is 296 g/mol. The lowest BCUT2D eigenvalue weighted by atomic mass is 9.69. The maximum absolute atomic E-state index is 12.2. The van der Waals surface area contributed by atoms with E-state index in [-0.39, 0.29) is 17.8 Å². The number of ether oxygens (including phenoxy) is 1. The minimum Gasteiger partial charge on any atom is -0.469 e. The van der Waals surface area contributed by atoms with Gasteiger partial charge in [0.1, 0.15) is 5.60 Å². The highest BCUT2D eigenvalue weighted by molar-refractivity contribution is 5.81. The van der Waals surface area contributed by atoms with Crippen molar-refractivity contribution in [1.29, 1.82) is 0 Å². The van der Waals surface area contributed by atoms with Gasteiger partial charge in [-0.25, -0.2) is 0 Å². The number of hydrogen-bond acceptors (Lipinski definition) is 5. The van der Waals surface area contributed by atoms with E-state index in [2.05, 4.69) is 0 Å². The van der Waals surface area contributed by atoms with E-state index >= 15 is 0 Å². The Bertz CT molecular complexity index is 523. The minimum atomic E-state index is -1.53. The lowest BCUT2D eigenvalue weighted by Gasteiger charge is -2.45. The smallest absolute Gasteiger partial charge is 0.312 e. The van der Waals surface area contributed by atoms with Crippen molar-refractivity contribution in [1.82, 2.24) is 0 Å². The van der Waals surface area contributed by atoms with E-state index in [9.17, 15) is 20.1 Å². The number of carbonyl (C=O) groups excluding carboxylic acids is 1. The number of rotatable bonds is 1.